The predicted molar refractivity (Wildman–Crippen MR) is 82.3 cm³/mol. The summed E-state index contributed by atoms with van der Waals surface area (Å²) in [7, 11) is 4.68. The Morgan fingerprint density at radius 3 is 1.76 bits per heavy atom. The molecular formula is C17H17NO7. The number of methoxy groups -OCH3 is 4. The third kappa shape index (κ3) is 2.16. The number of hydrogen-bond acceptors (Lipinski definition) is 8. The van der Waals surface area contributed by atoms with Gasteiger partial charge in [0.25, 0.3) is 0 Å². The molecule has 0 N–H and O–H groups in total. The second kappa shape index (κ2) is 6.43. The zero-order chi connectivity index (χ0) is 18.8. The Bertz CT molecular complexity index is 733. The molecule has 2 atom stereocenters. The van der Waals surface area contributed by atoms with E-state index in [2.05, 4.69) is 0 Å². The van der Waals surface area contributed by atoms with Crippen LogP contribution in [0, 0.1) is 22.2 Å². The van der Waals surface area contributed by atoms with Crippen LogP contribution in [0.4, 0.5) is 0 Å². The monoisotopic (exact) mass is 347 g/mol. The molecule has 0 aliphatic heterocycles. The highest BCUT2D eigenvalue weighted by Gasteiger charge is 2.92. The van der Waals surface area contributed by atoms with Gasteiger partial charge in [0.15, 0.2) is 5.41 Å². The van der Waals surface area contributed by atoms with E-state index in [1.165, 1.54) is 7.11 Å². The highest BCUT2D eigenvalue weighted by molar-refractivity contribution is 6.15. The minimum absolute atomic E-state index is 0.406. The van der Waals surface area contributed by atoms with Crippen LogP contribution >= 0.6 is 0 Å². The number of carbonyl (C=O) groups excluding carboxylic acids is 3. The van der Waals surface area contributed by atoms with Crippen LogP contribution in [0.15, 0.2) is 24.3 Å². The molecule has 1 aliphatic rings. The highest BCUT2D eigenvalue weighted by atomic mass is 16.6. The van der Waals surface area contributed by atoms with Crippen molar-refractivity contribution in [3.8, 4) is 11.8 Å². The Labute approximate surface area is 144 Å². The van der Waals surface area contributed by atoms with Crippen LogP contribution in [-0.2, 0) is 28.6 Å². The number of ether oxygens (including phenoxy) is 4. The normalized spacial score (nSPS) is 22.9. The first-order chi connectivity index (χ1) is 11.9. The summed E-state index contributed by atoms with van der Waals surface area (Å²) in [4.78, 5) is 37.4. The topological polar surface area (TPSA) is 112 Å². The number of carbonyl (C=O) groups is 3. The van der Waals surface area contributed by atoms with Crippen molar-refractivity contribution in [1.82, 2.24) is 0 Å². The van der Waals surface area contributed by atoms with Gasteiger partial charge in [-0.15, -0.1) is 0 Å². The molecule has 0 heterocycles. The molecular weight excluding hydrogens is 330 g/mol. The van der Waals surface area contributed by atoms with Crippen molar-refractivity contribution in [1.29, 1.82) is 5.26 Å². The lowest BCUT2D eigenvalue weighted by molar-refractivity contribution is -0.167. The lowest BCUT2D eigenvalue weighted by atomic mass is 9.93. The molecule has 1 fully saturated rings. The average molecular weight is 347 g/mol. The molecule has 132 valence electrons. The SMILES string of the molecule is COC(=O)C1(C(=O)OC)[C@@H](c2ccc(OC)cc2)[C@]1(C#N)C(=O)OC. The summed E-state index contributed by atoms with van der Waals surface area (Å²) >= 11 is 0. The molecule has 2 rings (SSSR count). The Hall–Kier alpha value is -3.08. The number of hydrogen-bond donors (Lipinski definition) is 0. The van der Waals surface area contributed by atoms with E-state index < -0.39 is 34.7 Å². The Morgan fingerprint density at radius 2 is 1.40 bits per heavy atom. The molecule has 1 aromatic carbocycles. The predicted octanol–water partition coefficient (Wildman–Crippen LogP) is 0.808. The Kier molecular flexibility index (Phi) is 4.70. The van der Waals surface area contributed by atoms with Crippen molar-refractivity contribution >= 4 is 17.9 Å². The van der Waals surface area contributed by atoms with Crippen molar-refractivity contribution in [2.45, 2.75) is 5.92 Å². The second-order valence-electron chi connectivity index (χ2n) is 5.41. The molecule has 1 saturated carbocycles. The molecule has 0 saturated heterocycles. The summed E-state index contributed by atoms with van der Waals surface area (Å²) < 4.78 is 19.2. The average Bonchev–Trinajstić information content (AvgIpc) is 3.31. The Morgan fingerprint density at radius 1 is 0.920 bits per heavy atom. The molecule has 0 aromatic heterocycles. The maximum absolute atomic E-state index is 12.5. The van der Waals surface area contributed by atoms with E-state index >= 15 is 0 Å². The van der Waals surface area contributed by atoms with E-state index in [-0.39, 0.29) is 0 Å². The minimum Gasteiger partial charge on any atom is -0.497 e. The molecule has 0 bridgehead atoms. The van der Waals surface area contributed by atoms with E-state index in [0.29, 0.717) is 11.3 Å². The van der Waals surface area contributed by atoms with Crippen LogP contribution in [0.5, 0.6) is 5.75 Å². The van der Waals surface area contributed by atoms with Gasteiger partial charge in [-0.3, -0.25) is 14.4 Å². The molecule has 1 aliphatic carbocycles. The highest BCUT2D eigenvalue weighted by Crippen LogP contribution is 2.75. The van der Waals surface area contributed by atoms with E-state index in [1.54, 1.807) is 30.3 Å². The fourth-order valence-corrected chi connectivity index (χ4v) is 3.37. The van der Waals surface area contributed by atoms with Gasteiger partial charge in [-0.25, -0.2) is 0 Å². The third-order valence-corrected chi connectivity index (χ3v) is 4.55. The number of nitriles is 1. The van der Waals surface area contributed by atoms with Gasteiger partial charge in [0, 0.05) is 5.92 Å². The van der Waals surface area contributed by atoms with Crippen molar-refractivity contribution in [3.05, 3.63) is 29.8 Å². The Balaban J connectivity index is 2.72. The molecule has 8 nitrogen and oxygen atoms in total. The quantitative estimate of drug-likeness (QED) is 0.437. The minimum atomic E-state index is -2.13. The number of benzene rings is 1. The first-order valence-electron chi connectivity index (χ1n) is 7.22. The van der Waals surface area contributed by atoms with Crippen LogP contribution in [0.25, 0.3) is 0 Å². The first-order valence-corrected chi connectivity index (χ1v) is 7.22. The van der Waals surface area contributed by atoms with Gasteiger partial charge in [0.05, 0.1) is 34.5 Å². The number of rotatable bonds is 5. The summed E-state index contributed by atoms with van der Waals surface area (Å²) in [6.45, 7) is 0. The van der Waals surface area contributed by atoms with E-state index in [0.717, 1.165) is 21.3 Å². The van der Waals surface area contributed by atoms with E-state index in [9.17, 15) is 19.6 Å². The standard InChI is InChI=1S/C17H17NO7/c1-22-11-7-5-10(6-8-11)12-16(9-18,13(19)23-2)17(12,14(20)24-3)15(21)25-4/h5-8,12H,1-4H3/t12-,16+/m0/s1. The lowest BCUT2D eigenvalue weighted by Gasteiger charge is -2.14. The van der Waals surface area contributed by atoms with Gasteiger partial charge in [-0.2, -0.15) is 5.26 Å². The van der Waals surface area contributed by atoms with Gasteiger partial charge in [0.1, 0.15) is 5.75 Å². The molecule has 0 spiro atoms. The van der Waals surface area contributed by atoms with Crippen LogP contribution in [0.2, 0.25) is 0 Å². The van der Waals surface area contributed by atoms with Crippen molar-refractivity contribution in [3.63, 3.8) is 0 Å². The molecule has 8 heteroatoms. The van der Waals surface area contributed by atoms with Gasteiger partial charge in [-0.1, -0.05) is 12.1 Å². The van der Waals surface area contributed by atoms with E-state index in [1.807, 2.05) is 0 Å². The van der Waals surface area contributed by atoms with Crippen LogP contribution in [-0.4, -0.2) is 46.3 Å². The zero-order valence-corrected chi connectivity index (χ0v) is 14.2. The lowest BCUT2D eigenvalue weighted by Crippen LogP contribution is -2.37. The smallest absolute Gasteiger partial charge is 0.328 e. The summed E-state index contributed by atoms with van der Waals surface area (Å²) in [5, 5.41) is 9.72. The summed E-state index contributed by atoms with van der Waals surface area (Å²) in [5.41, 5.74) is -3.80. The largest absolute Gasteiger partial charge is 0.497 e. The molecule has 25 heavy (non-hydrogen) atoms. The van der Waals surface area contributed by atoms with Gasteiger partial charge in [0.2, 0.25) is 5.41 Å². The zero-order valence-electron chi connectivity index (χ0n) is 14.2. The fourth-order valence-electron chi connectivity index (χ4n) is 3.37. The van der Waals surface area contributed by atoms with Crippen molar-refractivity contribution < 1.29 is 33.3 Å². The second-order valence-corrected chi connectivity index (χ2v) is 5.41. The van der Waals surface area contributed by atoms with Crippen LogP contribution in [0.1, 0.15) is 11.5 Å². The number of esters is 3. The van der Waals surface area contributed by atoms with Gasteiger partial charge >= 0.3 is 17.9 Å². The van der Waals surface area contributed by atoms with Crippen LogP contribution < -0.4 is 4.74 Å². The number of nitrogens with zero attached hydrogens (tertiary/aromatic N) is 1. The fraction of sp³-hybridized carbons (Fsp3) is 0.412. The van der Waals surface area contributed by atoms with Gasteiger partial charge in [-0.05, 0) is 17.7 Å². The molecule has 0 unspecified atom stereocenters. The summed E-state index contributed by atoms with van der Waals surface area (Å²) in [6.07, 6.45) is 0. The first kappa shape index (κ1) is 18.3. The van der Waals surface area contributed by atoms with Crippen molar-refractivity contribution in [2.24, 2.45) is 10.8 Å². The molecule has 0 amide bonds. The van der Waals surface area contributed by atoms with Crippen molar-refractivity contribution in [2.75, 3.05) is 28.4 Å². The third-order valence-electron chi connectivity index (χ3n) is 4.55. The van der Waals surface area contributed by atoms with Crippen LogP contribution in [0.3, 0.4) is 0 Å². The summed E-state index contributed by atoms with van der Waals surface area (Å²) in [5.74, 6) is -3.65. The summed E-state index contributed by atoms with van der Waals surface area (Å²) in [6, 6.07) is 8.10. The maximum Gasteiger partial charge on any atom is 0.328 e. The maximum atomic E-state index is 12.5. The van der Waals surface area contributed by atoms with Gasteiger partial charge < -0.3 is 18.9 Å². The van der Waals surface area contributed by atoms with E-state index in [4.69, 9.17) is 18.9 Å². The molecule has 0 radical (unpaired) electrons. The molecule has 1 aromatic rings.